The van der Waals surface area contributed by atoms with E-state index in [1.165, 1.54) is 4.31 Å². The standard InChI is InChI=1S/C18H24N4O3S/c1-2-26(24,25)22-10-3-4-16(13-22)18(23)20-12-15-5-7-17(8-6-15)21-11-9-19-14-21/h5-9,11,14,16H,2-4,10,12-13H2,1H3,(H,20,23)/t16-/m0/s1. The number of carbonyl (C=O) groups is 1. The number of sulfonamides is 1. The molecule has 0 unspecified atom stereocenters. The number of benzene rings is 1. The van der Waals surface area contributed by atoms with Crippen LogP contribution in [0.4, 0.5) is 0 Å². The topological polar surface area (TPSA) is 84.3 Å². The minimum atomic E-state index is -3.24. The van der Waals surface area contributed by atoms with Gasteiger partial charge in [-0.15, -0.1) is 0 Å². The predicted molar refractivity (Wildman–Crippen MR) is 99.2 cm³/mol. The smallest absolute Gasteiger partial charge is 0.224 e. The van der Waals surface area contributed by atoms with Crippen LogP contribution in [0.2, 0.25) is 0 Å². The number of nitrogens with one attached hydrogen (secondary N) is 1. The van der Waals surface area contributed by atoms with Crippen molar-refractivity contribution in [2.24, 2.45) is 5.92 Å². The third-order valence-corrected chi connectivity index (χ3v) is 6.57. The number of nitrogens with zero attached hydrogens (tertiary/aromatic N) is 3. The van der Waals surface area contributed by atoms with E-state index >= 15 is 0 Å². The van der Waals surface area contributed by atoms with Crippen molar-refractivity contribution in [3.05, 3.63) is 48.5 Å². The van der Waals surface area contributed by atoms with Gasteiger partial charge in [0.05, 0.1) is 18.0 Å². The lowest BCUT2D eigenvalue weighted by Crippen LogP contribution is -2.45. The van der Waals surface area contributed by atoms with Crippen LogP contribution in [0.1, 0.15) is 25.3 Å². The zero-order valence-corrected chi connectivity index (χ0v) is 15.7. The molecule has 1 aliphatic rings. The van der Waals surface area contributed by atoms with Gasteiger partial charge >= 0.3 is 0 Å². The van der Waals surface area contributed by atoms with Crippen molar-refractivity contribution in [3.63, 3.8) is 0 Å². The van der Waals surface area contributed by atoms with Crippen molar-refractivity contribution in [1.82, 2.24) is 19.2 Å². The molecule has 0 bridgehead atoms. The molecule has 0 radical (unpaired) electrons. The lowest BCUT2D eigenvalue weighted by molar-refractivity contribution is -0.126. The second-order valence-corrected chi connectivity index (χ2v) is 8.71. The molecule has 0 saturated carbocycles. The number of aromatic nitrogens is 2. The van der Waals surface area contributed by atoms with Crippen molar-refractivity contribution in [1.29, 1.82) is 0 Å². The highest BCUT2D eigenvalue weighted by Crippen LogP contribution is 2.20. The van der Waals surface area contributed by atoms with Crippen molar-refractivity contribution < 1.29 is 13.2 Å². The van der Waals surface area contributed by atoms with Gasteiger partial charge in [0, 0.05) is 37.7 Å². The fourth-order valence-corrected chi connectivity index (χ4v) is 4.30. The Balaban J connectivity index is 1.55. The van der Waals surface area contributed by atoms with Crippen molar-refractivity contribution in [2.45, 2.75) is 26.3 Å². The summed E-state index contributed by atoms with van der Waals surface area (Å²) >= 11 is 0. The monoisotopic (exact) mass is 376 g/mol. The Labute approximate surface area is 154 Å². The minimum Gasteiger partial charge on any atom is -0.352 e. The Morgan fingerprint density at radius 1 is 1.31 bits per heavy atom. The molecular formula is C18H24N4O3S. The lowest BCUT2D eigenvalue weighted by atomic mass is 9.99. The molecule has 1 aliphatic heterocycles. The first-order valence-corrected chi connectivity index (χ1v) is 10.4. The second-order valence-electron chi connectivity index (χ2n) is 6.45. The molecule has 1 aromatic carbocycles. The Morgan fingerprint density at radius 3 is 2.73 bits per heavy atom. The number of hydrogen-bond acceptors (Lipinski definition) is 4. The summed E-state index contributed by atoms with van der Waals surface area (Å²) in [5.74, 6) is -0.292. The van der Waals surface area contributed by atoms with E-state index in [9.17, 15) is 13.2 Å². The molecule has 1 saturated heterocycles. The molecule has 3 rings (SSSR count). The molecule has 2 heterocycles. The highest BCUT2D eigenvalue weighted by molar-refractivity contribution is 7.89. The van der Waals surface area contributed by atoms with Gasteiger partial charge in [-0.3, -0.25) is 4.79 Å². The van der Waals surface area contributed by atoms with Gasteiger partial charge in [-0.1, -0.05) is 12.1 Å². The number of amides is 1. The van der Waals surface area contributed by atoms with E-state index in [4.69, 9.17) is 0 Å². The normalized spacial score (nSPS) is 18.6. The van der Waals surface area contributed by atoms with Gasteiger partial charge in [-0.05, 0) is 37.5 Å². The Kier molecular flexibility index (Phi) is 5.73. The van der Waals surface area contributed by atoms with Gasteiger partial charge in [0.25, 0.3) is 0 Å². The maximum atomic E-state index is 12.4. The average Bonchev–Trinajstić information content (AvgIpc) is 3.21. The highest BCUT2D eigenvalue weighted by Gasteiger charge is 2.31. The molecule has 7 nitrogen and oxygen atoms in total. The van der Waals surface area contributed by atoms with E-state index in [1.807, 2.05) is 35.0 Å². The number of carbonyl (C=O) groups excluding carboxylic acids is 1. The summed E-state index contributed by atoms with van der Waals surface area (Å²) in [6.45, 7) is 2.85. The van der Waals surface area contributed by atoms with E-state index in [1.54, 1.807) is 19.4 Å². The number of piperidine rings is 1. The third kappa shape index (κ3) is 4.31. The van der Waals surface area contributed by atoms with Gasteiger partial charge in [-0.25, -0.2) is 17.7 Å². The number of imidazole rings is 1. The number of rotatable bonds is 6. The zero-order valence-electron chi connectivity index (χ0n) is 14.8. The SMILES string of the molecule is CCS(=O)(=O)N1CCC[C@H](C(=O)NCc2ccc(-n3ccnc3)cc2)C1. The van der Waals surface area contributed by atoms with Crippen LogP contribution < -0.4 is 5.32 Å². The summed E-state index contributed by atoms with van der Waals surface area (Å²) < 4.78 is 27.4. The molecule has 1 fully saturated rings. The molecular weight excluding hydrogens is 352 g/mol. The largest absolute Gasteiger partial charge is 0.352 e. The first-order chi connectivity index (χ1) is 12.5. The molecule has 8 heteroatoms. The summed E-state index contributed by atoms with van der Waals surface area (Å²) in [6.07, 6.45) is 6.77. The quantitative estimate of drug-likeness (QED) is 0.829. The Morgan fingerprint density at radius 2 is 2.08 bits per heavy atom. The average molecular weight is 376 g/mol. The minimum absolute atomic E-state index is 0.0740. The molecule has 1 aromatic heterocycles. The molecule has 140 valence electrons. The van der Waals surface area contributed by atoms with Crippen LogP contribution in [0.25, 0.3) is 5.69 Å². The third-order valence-electron chi connectivity index (χ3n) is 4.72. The van der Waals surface area contributed by atoms with Gasteiger partial charge in [-0.2, -0.15) is 0 Å². The van der Waals surface area contributed by atoms with Gasteiger partial charge < -0.3 is 9.88 Å². The molecule has 26 heavy (non-hydrogen) atoms. The Bertz CT molecular complexity index is 832. The zero-order chi connectivity index (χ0) is 18.6. The first-order valence-electron chi connectivity index (χ1n) is 8.82. The molecule has 1 atom stereocenters. The number of hydrogen-bond donors (Lipinski definition) is 1. The van der Waals surface area contributed by atoms with E-state index < -0.39 is 10.0 Å². The van der Waals surface area contributed by atoms with Crippen molar-refractivity contribution in [3.8, 4) is 5.69 Å². The molecule has 0 aliphatic carbocycles. The Hall–Kier alpha value is -2.19. The lowest BCUT2D eigenvalue weighted by Gasteiger charge is -2.30. The summed E-state index contributed by atoms with van der Waals surface area (Å²) in [5.41, 5.74) is 2.00. The van der Waals surface area contributed by atoms with E-state index in [0.29, 0.717) is 13.1 Å². The molecule has 1 amide bonds. The van der Waals surface area contributed by atoms with Crippen LogP contribution in [0, 0.1) is 5.92 Å². The van der Waals surface area contributed by atoms with Gasteiger partial charge in [0.15, 0.2) is 0 Å². The van der Waals surface area contributed by atoms with Gasteiger partial charge in [0.2, 0.25) is 15.9 Å². The molecule has 1 N–H and O–H groups in total. The van der Waals surface area contributed by atoms with Crippen LogP contribution >= 0.6 is 0 Å². The summed E-state index contributed by atoms with van der Waals surface area (Å²) in [7, 11) is -3.24. The fourth-order valence-electron chi connectivity index (χ4n) is 3.12. The molecule has 2 aromatic rings. The fraction of sp³-hybridized carbons (Fsp3) is 0.444. The summed E-state index contributed by atoms with van der Waals surface area (Å²) in [4.78, 5) is 16.5. The van der Waals surface area contributed by atoms with E-state index in [0.717, 1.165) is 24.1 Å². The van der Waals surface area contributed by atoms with Gasteiger partial charge in [0.1, 0.15) is 0 Å². The van der Waals surface area contributed by atoms with E-state index in [2.05, 4.69) is 10.3 Å². The van der Waals surface area contributed by atoms with E-state index in [-0.39, 0.29) is 24.1 Å². The summed E-state index contributed by atoms with van der Waals surface area (Å²) in [6, 6.07) is 7.87. The maximum absolute atomic E-state index is 12.4. The van der Waals surface area contributed by atoms with Crippen molar-refractivity contribution in [2.75, 3.05) is 18.8 Å². The van der Waals surface area contributed by atoms with Crippen molar-refractivity contribution >= 4 is 15.9 Å². The van der Waals surface area contributed by atoms with Crippen LogP contribution in [0.3, 0.4) is 0 Å². The van der Waals surface area contributed by atoms with Crippen LogP contribution in [0.15, 0.2) is 43.0 Å². The van der Waals surface area contributed by atoms with Crippen LogP contribution in [-0.4, -0.2) is 47.0 Å². The maximum Gasteiger partial charge on any atom is 0.224 e. The predicted octanol–water partition coefficient (Wildman–Crippen LogP) is 1.55. The summed E-state index contributed by atoms with van der Waals surface area (Å²) in [5, 5.41) is 2.93. The highest BCUT2D eigenvalue weighted by atomic mass is 32.2. The molecule has 0 spiro atoms. The van der Waals surface area contributed by atoms with Crippen LogP contribution in [-0.2, 0) is 21.4 Å². The van der Waals surface area contributed by atoms with Crippen LogP contribution in [0.5, 0.6) is 0 Å². The second kappa shape index (κ2) is 8.01. The first kappa shape index (κ1) is 18.6.